The van der Waals surface area contributed by atoms with Crippen LogP contribution < -0.4 is 5.73 Å². The van der Waals surface area contributed by atoms with Crippen LogP contribution in [0.4, 0.5) is 27.6 Å². The van der Waals surface area contributed by atoms with Crippen molar-refractivity contribution in [1.29, 1.82) is 0 Å². The molecule has 1 nitrogen and oxygen atoms in total. The number of alkyl halides is 3. The predicted molar refractivity (Wildman–Crippen MR) is 62.2 cm³/mol. The zero-order chi connectivity index (χ0) is 14.8. The first-order valence-electron chi connectivity index (χ1n) is 5.45. The van der Waals surface area contributed by atoms with E-state index >= 15 is 0 Å². The smallest absolute Gasteiger partial charge is 0.398 e. The number of halogens is 5. The van der Waals surface area contributed by atoms with E-state index in [4.69, 9.17) is 5.73 Å². The zero-order valence-electron chi connectivity index (χ0n) is 10.3. The van der Waals surface area contributed by atoms with Crippen LogP contribution in [0.1, 0.15) is 25.3 Å². The maximum atomic E-state index is 13.5. The Hall–Kier alpha value is -1.77. The van der Waals surface area contributed by atoms with Crippen LogP contribution in [-0.2, 0) is 0 Å². The summed E-state index contributed by atoms with van der Waals surface area (Å²) < 4.78 is 65.3. The average Bonchev–Trinajstić information content (AvgIpc) is 2.26. The molecule has 1 aromatic carbocycles. The summed E-state index contributed by atoms with van der Waals surface area (Å²) in [5.41, 5.74) is 3.89. The molecule has 0 fully saturated rings. The lowest BCUT2D eigenvalue weighted by Gasteiger charge is -2.18. The molecular formula is C13H12F5N. The monoisotopic (exact) mass is 277 g/mol. The molecule has 0 saturated heterocycles. The van der Waals surface area contributed by atoms with Gasteiger partial charge in [-0.3, -0.25) is 0 Å². The van der Waals surface area contributed by atoms with Crippen LogP contribution in [0.2, 0.25) is 0 Å². The van der Waals surface area contributed by atoms with Crippen molar-refractivity contribution < 1.29 is 22.0 Å². The van der Waals surface area contributed by atoms with Crippen molar-refractivity contribution in [2.45, 2.75) is 25.9 Å². The first-order chi connectivity index (χ1) is 8.64. The molecule has 104 valence electrons. The lowest BCUT2D eigenvalue weighted by atomic mass is 9.95. The van der Waals surface area contributed by atoms with E-state index in [0.29, 0.717) is 6.07 Å². The van der Waals surface area contributed by atoms with E-state index in [1.807, 2.05) is 5.92 Å². The summed E-state index contributed by atoms with van der Waals surface area (Å²) in [4.78, 5) is 0. The quantitative estimate of drug-likeness (QED) is 0.471. The summed E-state index contributed by atoms with van der Waals surface area (Å²) >= 11 is 0. The number of nitrogens with two attached hydrogens (primary N) is 1. The van der Waals surface area contributed by atoms with Gasteiger partial charge in [0.2, 0.25) is 0 Å². The van der Waals surface area contributed by atoms with E-state index in [1.54, 1.807) is 13.8 Å². The molecule has 19 heavy (non-hydrogen) atoms. The Labute approximate surface area is 107 Å². The standard InChI is InChI=1S/C13H12F5N/c1-7(2)3-4-8(13(16,17)18)11-10(19)6-5-9(14)12(11)15/h5-8H,19H2,1-2H3. The Morgan fingerprint density at radius 1 is 1.11 bits per heavy atom. The molecule has 0 radical (unpaired) electrons. The molecule has 6 heteroatoms. The van der Waals surface area contributed by atoms with Gasteiger partial charge in [-0.25, -0.2) is 8.78 Å². The van der Waals surface area contributed by atoms with Crippen molar-refractivity contribution in [3.63, 3.8) is 0 Å². The molecule has 0 saturated carbocycles. The van der Waals surface area contributed by atoms with Crippen molar-refractivity contribution in [2.75, 3.05) is 5.73 Å². The number of hydrogen-bond donors (Lipinski definition) is 1. The lowest BCUT2D eigenvalue weighted by molar-refractivity contribution is -0.137. The molecule has 1 aromatic rings. The van der Waals surface area contributed by atoms with Gasteiger partial charge in [0.1, 0.15) is 5.92 Å². The molecule has 2 N–H and O–H groups in total. The third kappa shape index (κ3) is 3.60. The fourth-order valence-corrected chi connectivity index (χ4v) is 1.44. The fraction of sp³-hybridized carbons (Fsp3) is 0.385. The van der Waals surface area contributed by atoms with Gasteiger partial charge >= 0.3 is 6.18 Å². The van der Waals surface area contributed by atoms with Crippen LogP contribution in [0.5, 0.6) is 0 Å². The highest BCUT2D eigenvalue weighted by Gasteiger charge is 2.42. The van der Waals surface area contributed by atoms with E-state index in [1.165, 1.54) is 0 Å². The summed E-state index contributed by atoms with van der Waals surface area (Å²) in [5.74, 6) is -1.53. The van der Waals surface area contributed by atoms with Gasteiger partial charge in [0.15, 0.2) is 11.6 Å². The van der Waals surface area contributed by atoms with Crippen molar-refractivity contribution in [1.82, 2.24) is 0 Å². The van der Waals surface area contributed by atoms with Crippen LogP contribution in [-0.4, -0.2) is 6.18 Å². The van der Waals surface area contributed by atoms with Gasteiger partial charge < -0.3 is 5.73 Å². The van der Waals surface area contributed by atoms with Crippen LogP contribution in [0, 0.1) is 29.4 Å². The van der Waals surface area contributed by atoms with E-state index in [-0.39, 0.29) is 5.92 Å². The van der Waals surface area contributed by atoms with Gasteiger partial charge in [-0.15, -0.1) is 0 Å². The molecule has 0 bridgehead atoms. The molecule has 1 unspecified atom stereocenters. The third-order valence-corrected chi connectivity index (χ3v) is 2.30. The number of benzene rings is 1. The van der Waals surface area contributed by atoms with Crippen LogP contribution in [0.3, 0.4) is 0 Å². The fourth-order valence-electron chi connectivity index (χ4n) is 1.44. The Balaban J connectivity index is 3.44. The second-order valence-corrected chi connectivity index (χ2v) is 4.28. The van der Waals surface area contributed by atoms with Crippen molar-refractivity contribution in [2.24, 2.45) is 5.92 Å². The van der Waals surface area contributed by atoms with Crippen molar-refractivity contribution in [3.05, 3.63) is 29.3 Å². The summed E-state index contributed by atoms with van der Waals surface area (Å²) in [6.07, 6.45) is -4.83. The first kappa shape index (κ1) is 15.3. The minimum absolute atomic E-state index is 0.331. The SMILES string of the molecule is CC(C)C#CC(c1c(N)ccc(F)c1F)C(F)(F)F. The largest absolute Gasteiger partial charge is 0.406 e. The van der Waals surface area contributed by atoms with Crippen LogP contribution in [0.15, 0.2) is 12.1 Å². The molecule has 0 amide bonds. The maximum absolute atomic E-state index is 13.5. The van der Waals surface area contributed by atoms with Gasteiger partial charge in [-0.2, -0.15) is 13.2 Å². The predicted octanol–water partition coefficient (Wildman–Crippen LogP) is 3.85. The summed E-state index contributed by atoms with van der Waals surface area (Å²) in [7, 11) is 0. The third-order valence-electron chi connectivity index (χ3n) is 2.30. The van der Waals surface area contributed by atoms with E-state index in [9.17, 15) is 22.0 Å². The first-order valence-corrected chi connectivity index (χ1v) is 5.45. The van der Waals surface area contributed by atoms with Crippen LogP contribution >= 0.6 is 0 Å². The number of anilines is 1. The second kappa shape index (κ2) is 5.47. The molecule has 0 heterocycles. The molecule has 0 aliphatic carbocycles. The molecule has 1 atom stereocenters. The van der Waals surface area contributed by atoms with Crippen molar-refractivity contribution in [3.8, 4) is 11.8 Å². The summed E-state index contributed by atoms with van der Waals surface area (Å²) in [6.45, 7) is 3.18. The molecule has 0 aromatic heterocycles. The zero-order valence-corrected chi connectivity index (χ0v) is 10.3. The van der Waals surface area contributed by atoms with Gasteiger partial charge in [0, 0.05) is 17.2 Å². The summed E-state index contributed by atoms with van der Waals surface area (Å²) in [5, 5.41) is 0. The lowest BCUT2D eigenvalue weighted by Crippen LogP contribution is -2.22. The van der Waals surface area contributed by atoms with Gasteiger partial charge in [-0.05, 0) is 12.1 Å². The van der Waals surface area contributed by atoms with Gasteiger partial charge in [0.25, 0.3) is 0 Å². The highest BCUT2D eigenvalue weighted by atomic mass is 19.4. The second-order valence-electron chi connectivity index (χ2n) is 4.28. The van der Waals surface area contributed by atoms with Gasteiger partial charge in [-0.1, -0.05) is 25.7 Å². The Bertz CT molecular complexity index is 522. The molecule has 1 rings (SSSR count). The molecule has 0 spiro atoms. The highest BCUT2D eigenvalue weighted by molar-refractivity contribution is 5.52. The maximum Gasteiger partial charge on any atom is 0.406 e. The highest BCUT2D eigenvalue weighted by Crippen LogP contribution is 2.38. The van der Waals surface area contributed by atoms with Crippen LogP contribution in [0.25, 0.3) is 0 Å². The van der Waals surface area contributed by atoms with Crippen molar-refractivity contribution >= 4 is 5.69 Å². The number of rotatable bonds is 1. The van der Waals surface area contributed by atoms with E-state index < -0.39 is 35.0 Å². The number of hydrogen-bond acceptors (Lipinski definition) is 1. The minimum atomic E-state index is -4.83. The average molecular weight is 277 g/mol. The van der Waals surface area contributed by atoms with Gasteiger partial charge in [0.05, 0.1) is 0 Å². The number of nitrogen functional groups attached to an aromatic ring is 1. The molecular weight excluding hydrogens is 265 g/mol. The molecule has 0 aliphatic rings. The summed E-state index contributed by atoms with van der Waals surface area (Å²) in [6, 6.07) is 1.57. The Morgan fingerprint density at radius 3 is 2.16 bits per heavy atom. The topological polar surface area (TPSA) is 26.0 Å². The molecule has 0 aliphatic heterocycles. The Morgan fingerprint density at radius 2 is 1.68 bits per heavy atom. The Kier molecular flexibility index (Phi) is 4.40. The normalized spacial score (nSPS) is 13.1. The van der Waals surface area contributed by atoms with E-state index in [0.717, 1.165) is 6.07 Å². The van der Waals surface area contributed by atoms with E-state index in [2.05, 4.69) is 5.92 Å². The minimum Gasteiger partial charge on any atom is -0.398 e.